The summed E-state index contributed by atoms with van der Waals surface area (Å²) in [6, 6.07) is 17.4. The van der Waals surface area contributed by atoms with E-state index in [-0.39, 0.29) is 0 Å². The molecule has 3 aromatic rings. The van der Waals surface area contributed by atoms with Crippen molar-refractivity contribution in [3.8, 4) is 22.7 Å². The van der Waals surface area contributed by atoms with Gasteiger partial charge in [-0.1, -0.05) is 79.8 Å². The van der Waals surface area contributed by atoms with Crippen molar-refractivity contribution < 1.29 is 4.42 Å². The summed E-state index contributed by atoms with van der Waals surface area (Å²) >= 11 is 0. The van der Waals surface area contributed by atoms with E-state index in [1.165, 1.54) is 19.3 Å². The molecule has 0 radical (unpaired) electrons. The minimum absolute atomic E-state index is 0.498. The predicted octanol–water partition coefficient (Wildman–Crippen LogP) is 7.07. The van der Waals surface area contributed by atoms with Gasteiger partial charge >= 0.3 is 0 Å². The quantitative estimate of drug-likeness (QED) is 0.189. The smallest absolute Gasteiger partial charge is 0.227 e. The molecule has 0 fully saturated rings. The van der Waals surface area contributed by atoms with Gasteiger partial charge in [-0.2, -0.15) is 0 Å². The Morgan fingerprint density at radius 1 is 1.00 bits per heavy atom. The summed E-state index contributed by atoms with van der Waals surface area (Å²) < 4.78 is 6.13. The molecular formula is C21H22N4O. The summed E-state index contributed by atoms with van der Waals surface area (Å²) in [6.45, 7) is 2.20. The van der Waals surface area contributed by atoms with E-state index in [0.29, 0.717) is 17.1 Å². The first-order valence-electron chi connectivity index (χ1n) is 9.03. The molecule has 1 heterocycles. The second kappa shape index (κ2) is 8.88. The predicted molar refractivity (Wildman–Crippen MR) is 104 cm³/mol. The zero-order valence-corrected chi connectivity index (χ0v) is 14.9. The lowest BCUT2D eigenvalue weighted by Crippen LogP contribution is -1.88. The van der Waals surface area contributed by atoms with Gasteiger partial charge in [0.05, 0.1) is 5.69 Å². The van der Waals surface area contributed by atoms with E-state index in [4.69, 9.17) is 14.9 Å². The molecule has 0 atom stereocenters. The largest absolute Gasteiger partial charge is 0.440 e. The molecule has 0 aliphatic carbocycles. The zero-order chi connectivity index (χ0) is 18.2. The van der Waals surface area contributed by atoms with Gasteiger partial charge in [0.25, 0.3) is 0 Å². The number of benzene rings is 2. The van der Waals surface area contributed by atoms with E-state index in [1.54, 1.807) is 6.07 Å². The fourth-order valence-corrected chi connectivity index (χ4v) is 2.96. The molecule has 0 aliphatic rings. The van der Waals surface area contributed by atoms with Crippen molar-refractivity contribution in [1.82, 2.24) is 4.98 Å². The van der Waals surface area contributed by atoms with Crippen LogP contribution in [0.25, 0.3) is 33.2 Å². The number of azide groups is 1. The summed E-state index contributed by atoms with van der Waals surface area (Å²) in [6.07, 6.45) is 5.52. The van der Waals surface area contributed by atoms with Crippen molar-refractivity contribution in [3.05, 3.63) is 70.8 Å². The Balaban J connectivity index is 2.00. The summed E-state index contributed by atoms with van der Waals surface area (Å²) in [5.41, 5.74) is 11.9. The molecular weight excluding hydrogens is 324 g/mol. The highest BCUT2D eigenvalue weighted by Crippen LogP contribution is 2.34. The van der Waals surface area contributed by atoms with Crippen LogP contribution in [0.3, 0.4) is 0 Å². The van der Waals surface area contributed by atoms with Crippen molar-refractivity contribution in [2.45, 2.75) is 39.0 Å². The third kappa shape index (κ3) is 4.13. The van der Waals surface area contributed by atoms with Crippen molar-refractivity contribution in [3.63, 3.8) is 0 Å². The summed E-state index contributed by atoms with van der Waals surface area (Å²) in [5.74, 6) is 1.38. The molecule has 0 N–H and O–H groups in total. The van der Waals surface area contributed by atoms with Crippen molar-refractivity contribution >= 4 is 5.69 Å². The number of aromatic nitrogens is 1. The van der Waals surface area contributed by atoms with E-state index in [0.717, 1.165) is 29.9 Å². The number of unbranched alkanes of at least 4 members (excludes halogenated alkanes) is 3. The minimum atomic E-state index is 0.498. The molecule has 0 saturated carbocycles. The Kier molecular flexibility index (Phi) is 6.07. The van der Waals surface area contributed by atoms with E-state index in [2.05, 4.69) is 16.9 Å². The standard InChI is InChI=1S/C21H22N4O/c1-2-3-4-8-15-19-20(16-11-6-5-7-12-16)23-21(26-19)17-13-9-10-14-18(17)24-25-22/h5-7,9-14H,2-4,8,15H2,1H3. The van der Waals surface area contributed by atoms with Crippen LogP contribution in [0.4, 0.5) is 5.69 Å². The Hall–Kier alpha value is -3.04. The lowest BCUT2D eigenvalue weighted by molar-refractivity contribution is 0.503. The normalized spacial score (nSPS) is 10.5. The maximum Gasteiger partial charge on any atom is 0.227 e. The molecule has 5 nitrogen and oxygen atoms in total. The number of hydrogen-bond acceptors (Lipinski definition) is 3. The van der Waals surface area contributed by atoms with Crippen molar-refractivity contribution in [1.29, 1.82) is 0 Å². The van der Waals surface area contributed by atoms with Gasteiger partial charge in [-0.15, -0.1) is 0 Å². The second-order valence-corrected chi connectivity index (χ2v) is 6.17. The number of oxazole rings is 1. The molecule has 0 aliphatic heterocycles. The lowest BCUT2D eigenvalue weighted by atomic mass is 10.1. The van der Waals surface area contributed by atoms with Crippen LogP contribution in [-0.4, -0.2) is 4.98 Å². The number of rotatable bonds is 8. The molecule has 0 bridgehead atoms. The third-order valence-electron chi connectivity index (χ3n) is 4.29. The SMILES string of the molecule is CCCCCCc1oc(-c2ccccc2N=[N+]=[N-])nc1-c1ccccc1. The fourth-order valence-electron chi connectivity index (χ4n) is 2.96. The minimum Gasteiger partial charge on any atom is -0.440 e. The Labute approximate surface area is 153 Å². The van der Waals surface area contributed by atoms with Gasteiger partial charge < -0.3 is 4.42 Å². The van der Waals surface area contributed by atoms with Gasteiger partial charge in [0.2, 0.25) is 5.89 Å². The zero-order valence-electron chi connectivity index (χ0n) is 14.9. The highest BCUT2D eigenvalue weighted by molar-refractivity contribution is 5.72. The molecule has 5 heteroatoms. The molecule has 3 rings (SSSR count). The monoisotopic (exact) mass is 346 g/mol. The Morgan fingerprint density at radius 3 is 2.54 bits per heavy atom. The van der Waals surface area contributed by atoms with Crippen LogP contribution in [0, 0.1) is 0 Å². The van der Waals surface area contributed by atoms with E-state index in [1.807, 2.05) is 48.5 Å². The summed E-state index contributed by atoms with van der Waals surface area (Å²) in [7, 11) is 0. The number of nitrogens with zero attached hydrogens (tertiary/aromatic N) is 4. The first-order valence-corrected chi connectivity index (χ1v) is 9.03. The molecule has 0 amide bonds. The maximum atomic E-state index is 8.80. The summed E-state index contributed by atoms with van der Waals surface area (Å²) in [5, 5.41) is 3.76. The van der Waals surface area contributed by atoms with E-state index in [9.17, 15) is 0 Å². The van der Waals surface area contributed by atoms with E-state index < -0.39 is 0 Å². The number of aryl methyl sites for hydroxylation is 1. The molecule has 0 spiro atoms. The fraction of sp³-hybridized carbons (Fsp3) is 0.286. The second-order valence-electron chi connectivity index (χ2n) is 6.17. The van der Waals surface area contributed by atoms with Gasteiger partial charge in [-0.3, -0.25) is 0 Å². The van der Waals surface area contributed by atoms with Crippen LogP contribution in [0.1, 0.15) is 38.4 Å². The summed E-state index contributed by atoms with van der Waals surface area (Å²) in [4.78, 5) is 7.65. The van der Waals surface area contributed by atoms with Crippen LogP contribution < -0.4 is 0 Å². The molecule has 0 unspecified atom stereocenters. The molecule has 2 aromatic carbocycles. The third-order valence-corrected chi connectivity index (χ3v) is 4.29. The number of hydrogen-bond donors (Lipinski definition) is 0. The van der Waals surface area contributed by atoms with Crippen molar-refractivity contribution in [2.24, 2.45) is 5.11 Å². The van der Waals surface area contributed by atoms with Crippen LogP contribution in [0.15, 0.2) is 64.1 Å². The molecule has 132 valence electrons. The maximum absolute atomic E-state index is 8.80. The average molecular weight is 346 g/mol. The molecule has 1 aromatic heterocycles. The molecule has 26 heavy (non-hydrogen) atoms. The van der Waals surface area contributed by atoms with Gasteiger partial charge in [0.1, 0.15) is 11.5 Å². The van der Waals surface area contributed by atoms with Crippen LogP contribution in [0.5, 0.6) is 0 Å². The van der Waals surface area contributed by atoms with E-state index >= 15 is 0 Å². The molecule has 0 saturated heterocycles. The van der Waals surface area contributed by atoms with Gasteiger partial charge in [-0.25, -0.2) is 4.98 Å². The first-order chi connectivity index (χ1) is 12.8. The topological polar surface area (TPSA) is 74.8 Å². The lowest BCUT2D eigenvalue weighted by Gasteiger charge is -2.01. The van der Waals surface area contributed by atoms with Crippen molar-refractivity contribution in [2.75, 3.05) is 0 Å². The van der Waals surface area contributed by atoms with Gasteiger partial charge in [-0.05, 0) is 18.0 Å². The average Bonchev–Trinajstić information content (AvgIpc) is 3.11. The van der Waals surface area contributed by atoms with Gasteiger partial charge in [0.15, 0.2) is 0 Å². The highest BCUT2D eigenvalue weighted by atomic mass is 16.4. The van der Waals surface area contributed by atoms with Crippen LogP contribution in [-0.2, 0) is 6.42 Å². The van der Waals surface area contributed by atoms with Gasteiger partial charge in [0, 0.05) is 22.5 Å². The van der Waals surface area contributed by atoms with Crippen LogP contribution in [0.2, 0.25) is 0 Å². The Morgan fingerprint density at radius 2 is 1.77 bits per heavy atom. The highest BCUT2D eigenvalue weighted by Gasteiger charge is 2.17. The Bertz CT molecular complexity index is 895. The van der Waals surface area contributed by atoms with Crippen LogP contribution >= 0.6 is 0 Å². The first kappa shape index (κ1) is 17.8.